The molecule has 0 heterocycles. The molecule has 0 bridgehead atoms. The Kier molecular flexibility index (Phi) is 6.04. The third-order valence-electron chi connectivity index (χ3n) is 3.01. The Balaban J connectivity index is 2.96. The van der Waals surface area contributed by atoms with Crippen LogP contribution in [0.5, 0.6) is 5.75 Å². The van der Waals surface area contributed by atoms with Crippen LogP contribution in [0.25, 0.3) is 0 Å². The van der Waals surface area contributed by atoms with E-state index < -0.39 is 9.05 Å². The topological polar surface area (TPSA) is 72.5 Å². The Labute approximate surface area is 130 Å². The van der Waals surface area contributed by atoms with Crippen LogP contribution in [0, 0.1) is 13.8 Å². The molecule has 1 aromatic rings. The molecule has 1 N–H and O–H groups in total. The first-order valence-electron chi connectivity index (χ1n) is 6.63. The van der Waals surface area contributed by atoms with Gasteiger partial charge in [-0.25, -0.2) is 8.42 Å². The van der Waals surface area contributed by atoms with Gasteiger partial charge in [0.1, 0.15) is 10.6 Å². The largest absolute Gasteiger partial charge is 0.482 e. The number of aryl methyl sites for hydroxylation is 2. The monoisotopic (exact) mass is 333 g/mol. The van der Waals surface area contributed by atoms with Crippen molar-refractivity contribution in [3.8, 4) is 5.75 Å². The minimum Gasteiger partial charge on any atom is -0.482 e. The van der Waals surface area contributed by atoms with E-state index in [1.807, 2.05) is 13.8 Å². The van der Waals surface area contributed by atoms with Crippen LogP contribution in [0.4, 0.5) is 0 Å². The standard InChI is InChI=1S/C14H20ClNO4S/c1-5-11(4)16-13(17)8-20-14-10(3)6-9(2)7-12(14)21(15,18)19/h6-7,11H,5,8H2,1-4H3,(H,16,17). The molecule has 7 heteroatoms. The van der Waals surface area contributed by atoms with E-state index >= 15 is 0 Å². The van der Waals surface area contributed by atoms with Gasteiger partial charge in [-0.05, 0) is 44.4 Å². The van der Waals surface area contributed by atoms with E-state index in [1.54, 1.807) is 19.9 Å². The molecular weight excluding hydrogens is 314 g/mol. The number of ether oxygens (including phenoxy) is 1. The number of rotatable bonds is 6. The first-order chi connectivity index (χ1) is 9.65. The number of amides is 1. The smallest absolute Gasteiger partial charge is 0.265 e. The second-order valence-corrected chi connectivity index (χ2v) is 7.55. The Morgan fingerprint density at radius 3 is 2.52 bits per heavy atom. The third-order valence-corrected chi connectivity index (χ3v) is 4.34. The molecule has 0 aromatic heterocycles. The Morgan fingerprint density at radius 1 is 1.38 bits per heavy atom. The third kappa shape index (κ3) is 5.21. The Hall–Kier alpha value is -1.27. The fourth-order valence-corrected chi connectivity index (χ4v) is 2.95. The van der Waals surface area contributed by atoms with Gasteiger partial charge in [0.25, 0.3) is 15.0 Å². The van der Waals surface area contributed by atoms with Gasteiger partial charge in [-0.15, -0.1) is 0 Å². The van der Waals surface area contributed by atoms with Gasteiger partial charge in [0.15, 0.2) is 6.61 Å². The first kappa shape index (κ1) is 17.8. The van der Waals surface area contributed by atoms with E-state index in [2.05, 4.69) is 5.32 Å². The minimum atomic E-state index is -3.94. The summed E-state index contributed by atoms with van der Waals surface area (Å²) in [6, 6.07) is 3.24. The average molecular weight is 334 g/mol. The van der Waals surface area contributed by atoms with Crippen molar-refractivity contribution < 1.29 is 17.9 Å². The summed E-state index contributed by atoms with van der Waals surface area (Å²) in [6.45, 7) is 7.05. The van der Waals surface area contributed by atoms with E-state index in [1.165, 1.54) is 6.07 Å². The number of halogens is 1. The number of hydrogen-bond acceptors (Lipinski definition) is 4. The minimum absolute atomic E-state index is 0.0384. The number of carbonyl (C=O) groups is 1. The van der Waals surface area contributed by atoms with Crippen LogP contribution in [0.3, 0.4) is 0 Å². The van der Waals surface area contributed by atoms with Gasteiger partial charge in [0, 0.05) is 16.7 Å². The SMILES string of the molecule is CCC(C)NC(=O)COc1c(C)cc(C)cc1S(=O)(=O)Cl. The summed E-state index contributed by atoms with van der Waals surface area (Å²) in [5.74, 6) is -0.183. The summed E-state index contributed by atoms with van der Waals surface area (Å²) >= 11 is 0. The maximum absolute atomic E-state index is 11.7. The van der Waals surface area contributed by atoms with Gasteiger partial charge in [-0.3, -0.25) is 4.79 Å². The van der Waals surface area contributed by atoms with Gasteiger partial charge in [0.05, 0.1) is 0 Å². The van der Waals surface area contributed by atoms with Gasteiger partial charge in [-0.2, -0.15) is 0 Å². The van der Waals surface area contributed by atoms with Crippen molar-refractivity contribution in [3.63, 3.8) is 0 Å². The van der Waals surface area contributed by atoms with Crippen molar-refractivity contribution in [1.82, 2.24) is 5.32 Å². The fourth-order valence-electron chi connectivity index (χ4n) is 1.84. The molecule has 1 amide bonds. The zero-order valence-electron chi connectivity index (χ0n) is 12.6. The predicted octanol–water partition coefficient (Wildman–Crippen LogP) is 2.52. The van der Waals surface area contributed by atoms with Gasteiger partial charge in [0.2, 0.25) is 0 Å². The molecular formula is C14H20ClNO4S. The maximum Gasteiger partial charge on any atom is 0.265 e. The van der Waals surface area contributed by atoms with Crippen LogP contribution < -0.4 is 10.1 Å². The lowest BCUT2D eigenvalue weighted by molar-refractivity contribution is -0.123. The summed E-state index contributed by atoms with van der Waals surface area (Å²) < 4.78 is 28.6. The summed E-state index contributed by atoms with van der Waals surface area (Å²) in [7, 11) is 1.48. The molecule has 0 aliphatic carbocycles. The van der Waals surface area contributed by atoms with Crippen LogP contribution in [0.15, 0.2) is 17.0 Å². The number of hydrogen-bond donors (Lipinski definition) is 1. The van der Waals surface area contributed by atoms with E-state index in [-0.39, 0.29) is 29.2 Å². The van der Waals surface area contributed by atoms with Crippen LogP contribution in [-0.4, -0.2) is 27.0 Å². The highest BCUT2D eigenvalue weighted by molar-refractivity contribution is 8.13. The van der Waals surface area contributed by atoms with Crippen LogP contribution in [0.1, 0.15) is 31.4 Å². The lowest BCUT2D eigenvalue weighted by Gasteiger charge is -2.15. The molecule has 1 aromatic carbocycles. The summed E-state index contributed by atoms with van der Waals surface area (Å²) in [6.07, 6.45) is 0.802. The molecule has 0 saturated carbocycles. The van der Waals surface area contributed by atoms with Gasteiger partial charge < -0.3 is 10.1 Å². The molecule has 0 saturated heterocycles. The summed E-state index contributed by atoms with van der Waals surface area (Å²) in [5.41, 5.74) is 1.37. The fraction of sp³-hybridized carbons (Fsp3) is 0.500. The highest BCUT2D eigenvalue weighted by Gasteiger charge is 2.20. The van der Waals surface area contributed by atoms with Gasteiger partial charge >= 0.3 is 0 Å². The number of carbonyl (C=O) groups excluding carboxylic acids is 1. The average Bonchev–Trinajstić information content (AvgIpc) is 2.35. The molecule has 0 aliphatic heterocycles. The molecule has 0 aliphatic rings. The zero-order chi connectivity index (χ0) is 16.2. The summed E-state index contributed by atoms with van der Waals surface area (Å²) in [4.78, 5) is 11.6. The zero-order valence-corrected chi connectivity index (χ0v) is 14.1. The van der Waals surface area contributed by atoms with E-state index in [4.69, 9.17) is 15.4 Å². The van der Waals surface area contributed by atoms with E-state index in [9.17, 15) is 13.2 Å². The molecule has 0 radical (unpaired) electrons. The first-order valence-corrected chi connectivity index (χ1v) is 8.94. The molecule has 0 fully saturated rings. The van der Waals surface area contributed by atoms with Crippen molar-refractivity contribution >= 4 is 25.6 Å². The van der Waals surface area contributed by atoms with Crippen molar-refractivity contribution in [2.24, 2.45) is 0 Å². The lowest BCUT2D eigenvalue weighted by atomic mass is 10.1. The van der Waals surface area contributed by atoms with Crippen LogP contribution in [-0.2, 0) is 13.8 Å². The Bertz CT molecular complexity index is 628. The van der Waals surface area contributed by atoms with E-state index in [0.29, 0.717) is 5.56 Å². The molecule has 21 heavy (non-hydrogen) atoms. The molecule has 5 nitrogen and oxygen atoms in total. The summed E-state index contributed by atoms with van der Waals surface area (Å²) in [5, 5.41) is 2.74. The Morgan fingerprint density at radius 2 is 2.00 bits per heavy atom. The van der Waals surface area contributed by atoms with Crippen molar-refractivity contribution in [3.05, 3.63) is 23.3 Å². The highest BCUT2D eigenvalue weighted by Crippen LogP contribution is 2.31. The molecule has 0 spiro atoms. The molecule has 1 atom stereocenters. The van der Waals surface area contributed by atoms with E-state index in [0.717, 1.165) is 12.0 Å². The maximum atomic E-state index is 11.7. The van der Waals surface area contributed by atoms with Crippen molar-refractivity contribution in [2.45, 2.75) is 45.1 Å². The number of benzene rings is 1. The second-order valence-electron chi connectivity index (χ2n) is 5.01. The highest BCUT2D eigenvalue weighted by atomic mass is 35.7. The van der Waals surface area contributed by atoms with Crippen molar-refractivity contribution in [2.75, 3.05) is 6.61 Å². The van der Waals surface area contributed by atoms with Crippen LogP contribution >= 0.6 is 10.7 Å². The van der Waals surface area contributed by atoms with Crippen molar-refractivity contribution in [1.29, 1.82) is 0 Å². The molecule has 118 valence electrons. The normalized spacial score (nSPS) is 12.8. The lowest BCUT2D eigenvalue weighted by Crippen LogP contribution is -2.35. The molecule has 1 rings (SSSR count). The van der Waals surface area contributed by atoms with Gasteiger partial charge in [-0.1, -0.05) is 13.0 Å². The molecule has 1 unspecified atom stereocenters. The number of nitrogens with one attached hydrogen (secondary N) is 1. The second kappa shape index (κ2) is 7.13. The van der Waals surface area contributed by atoms with Crippen LogP contribution in [0.2, 0.25) is 0 Å². The predicted molar refractivity (Wildman–Crippen MR) is 82.3 cm³/mol. The quantitative estimate of drug-likeness (QED) is 0.812.